The zero-order valence-electron chi connectivity index (χ0n) is 13.9. The van der Waals surface area contributed by atoms with Gasteiger partial charge in [0.2, 0.25) is 0 Å². The van der Waals surface area contributed by atoms with E-state index >= 15 is 0 Å². The zero-order valence-corrected chi connectivity index (χ0v) is 14.6. The topological polar surface area (TPSA) is 71.2 Å². The van der Waals surface area contributed by atoms with Crippen LogP contribution in [0.1, 0.15) is 40.0 Å². The van der Waals surface area contributed by atoms with E-state index in [1.54, 1.807) is 10.9 Å². The number of nitrogens with zero attached hydrogens (tertiary/aromatic N) is 4. The molecule has 1 aliphatic heterocycles. The summed E-state index contributed by atoms with van der Waals surface area (Å²) in [6.45, 7) is 5.12. The molecular formula is C17H21ClN4O2. The molecule has 2 aromatic rings. The Morgan fingerprint density at radius 3 is 2.83 bits per heavy atom. The second-order valence-electron chi connectivity index (χ2n) is 6.30. The first-order valence-electron chi connectivity index (χ1n) is 8.07. The fourth-order valence-corrected chi connectivity index (χ4v) is 3.41. The minimum atomic E-state index is -0.133. The number of hydrogen-bond acceptors (Lipinski definition) is 4. The van der Waals surface area contributed by atoms with Gasteiger partial charge >= 0.3 is 0 Å². The lowest BCUT2D eigenvalue weighted by molar-refractivity contribution is 0.0721. The molecule has 0 aliphatic carbocycles. The van der Waals surface area contributed by atoms with Crippen molar-refractivity contribution in [2.24, 2.45) is 0 Å². The number of carbonyl (C=O) groups is 1. The SMILES string of the molecule is Cc1cc(Cl)c(C(=O)N2CCC[C@H]2Cn2cc(CO)nn2)cc1C. The monoisotopic (exact) mass is 348 g/mol. The molecule has 1 fully saturated rings. The fraction of sp³-hybridized carbons (Fsp3) is 0.471. The first kappa shape index (κ1) is 16.9. The Morgan fingerprint density at radius 2 is 2.12 bits per heavy atom. The van der Waals surface area contributed by atoms with Crippen LogP contribution in [-0.4, -0.2) is 43.5 Å². The molecule has 1 N–H and O–H groups in total. The Kier molecular flexibility index (Phi) is 4.87. The lowest BCUT2D eigenvalue weighted by Gasteiger charge is -2.25. The van der Waals surface area contributed by atoms with Gasteiger partial charge in [0.1, 0.15) is 5.69 Å². The quantitative estimate of drug-likeness (QED) is 0.920. The maximum absolute atomic E-state index is 12.9. The van der Waals surface area contributed by atoms with Crippen LogP contribution in [0.5, 0.6) is 0 Å². The second kappa shape index (κ2) is 6.91. The van der Waals surface area contributed by atoms with Crippen molar-refractivity contribution < 1.29 is 9.90 Å². The number of amides is 1. The lowest BCUT2D eigenvalue weighted by atomic mass is 10.0. The Hall–Kier alpha value is -1.92. The van der Waals surface area contributed by atoms with Gasteiger partial charge in [0.05, 0.1) is 36.0 Å². The van der Waals surface area contributed by atoms with E-state index in [9.17, 15) is 4.79 Å². The summed E-state index contributed by atoms with van der Waals surface area (Å²) in [5.74, 6) is -0.0342. The van der Waals surface area contributed by atoms with Crippen molar-refractivity contribution in [3.05, 3.63) is 45.7 Å². The molecule has 1 aromatic heterocycles. The molecule has 0 unspecified atom stereocenters. The molecule has 128 valence electrons. The molecule has 24 heavy (non-hydrogen) atoms. The molecule has 1 amide bonds. The summed E-state index contributed by atoms with van der Waals surface area (Å²) >= 11 is 6.30. The average molecular weight is 349 g/mol. The van der Waals surface area contributed by atoms with Gasteiger partial charge in [-0.2, -0.15) is 0 Å². The van der Waals surface area contributed by atoms with Crippen LogP contribution < -0.4 is 0 Å². The number of aliphatic hydroxyl groups is 1. The number of halogens is 1. The first-order valence-corrected chi connectivity index (χ1v) is 8.45. The van der Waals surface area contributed by atoms with Crippen molar-refractivity contribution in [2.75, 3.05) is 6.54 Å². The molecule has 1 aliphatic rings. The molecule has 6 nitrogen and oxygen atoms in total. The van der Waals surface area contributed by atoms with Gasteiger partial charge in [-0.25, -0.2) is 0 Å². The maximum atomic E-state index is 12.9. The van der Waals surface area contributed by atoms with Gasteiger partial charge in [0.15, 0.2) is 0 Å². The number of likely N-dealkylation sites (tertiary alicyclic amines) is 1. The Bertz CT molecular complexity index is 759. The molecule has 1 atom stereocenters. The van der Waals surface area contributed by atoms with Crippen LogP contribution in [0.25, 0.3) is 0 Å². The van der Waals surface area contributed by atoms with Gasteiger partial charge in [-0.3, -0.25) is 9.48 Å². The predicted octanol–water partition coefficient (Wildman–Crippen LogP) is 2.35. The van der Waals surface area contributed by atoms with Crippen molar-refractivity contribution in [3.8, 4) is 0 Å². The van der Waals surface area contributed by atoms with Gasteiger partial charge in [0, 0.05) is 6.54 Å². The van der Waals surface area contributed by atoms with E-state index in [1.165, 1.54) is 0 Å². The lowest BCUT2D eigenvalue weighted by Crippen LogP contribution is -2.38. The number of aliphatic hydroxyl groups excluding tert-OH is 1. The third-order valence-corrected chi connectivity index (χ3v) is 4.91. The van der Waals surface area contributed by atoms with Crippen LogP contribution >= 0.6 is 11.6 Å². The molecule has 1 aromatic carbocycles. The fourth-order valence-electron chi connectivity index (χ4n) is 3.11. The van der Waals surface area contributed by atoms with E-state index in [1.807, 2.05) is 30.9 Å². The van der Waals surface area contributed by atoms with Gasteiger partial charge < -0.3 is 10.0 Å². The van der Waals surface area contributed by atoms with Crippen molar-refractivity contribution >= 4 is 17.5 Å². The van der Waals surface area contributed by atoms with Gasteiger partial charge in [0.25, 0.3) is 5.91 Å². The number of hydrogen-bond donors (Lipinski definition) is 1. The second-order valence-corrected chi connectivity index (χ2v) is 6.71. The molecule has 0 bridgehead atoms. The molecule has 7 heteroatoms. The van der Waals surface area contributed by atoms with Crippen molar-refractivity contribution in [1.82, 2.24) is 19.9 Å². The van der Waals surface area contributed by atoms with E-state index in [0.29, 0.717) is 29.4 Å². The van der Waals surface area contributed by atoms with Gasteiger partial charge in [-0.15, -0.1) is 5.10 Å². The standard InChI is InChI=1S/C17H21ClN4O2/c1-11-6-15(16(18)7-12(11)2)17(24)22-5-3-4-14(22)9-21-8-13(10-23)19-20-21/h6-8,14,23H,3-5,9-10H2,1-2H3/t14-/m0/s1. The molecule has 2 heterocycles. The average Bonchev–Trinajstić information content (AvgIpc) is 3.20. The van der Waals surface area contributed by atoms with E-state index in [-0.39, 0.29) is 18.6 Å². The number of carbonyl (C=O) groups excluding carboxylic acids is 1. The maximum Gasteiger partial charge on any atom is 0.255 e. The van der Waals surface area contributed by atoms with E-state index in [4.69, 9.17) is 16.7 Å². The molecule has 3 rings (SSSR count). The van der Waals surface area contributed by atoms with Crippen LogP contribution in [-0.2, 0) is 13.2 Å². The smallest absolute Gasteiger partial charge is 0.255 e. The third-order valence-electron chi connectivity index (χ3n) is 4.60. The summed E-state index contributed by atoms with van der Waals surface area (Å²) in [5.41, 5.74) is 3.22. The largest absolute Gasteiger partial charge is 0.390 e. The summed E-state index contributed by atoms with van der Waals surface area (Å²) in [6.07, 6.45) is 3.59. The summed E-state index contributed by atoms with van der Waals surface area (Å²) in [7, 11) is 0. The predicted molar refractivity (Wildman–Crippen MR) is 90.9 cm³/mol. The van der Waals surface area contributed by atoms with Crippen LogP contribution in [0.15, 0.2) is 18.3 Å². The summed E-state index contributed by atoms with van der Waals surface area (Å²) < 4.78 is 1.68. The summed E-state index contributed by atoms with van der Waals surface area (Å²) in [5, 5.41) is 17.5. The van der Waals surface area contributed by atoms with Gasteiger partial charge in [-0.1, -0.05) is 16.8 Å². The molecule has 0 radical (unpaired) electrons. The Labute approximate surface area is 146 Å². The number of rotatable bonds is 4. The van der Waals surface area contributed by atoms with E-state index in [0.717, 1.165) is 24.0 Å². The van der Waals surface area contributed by atoms with Crippen LogP contribution in [0, 0.1) is 13.8 Å². The highest BCUT2D eigenvalue weighted by molar-refractivity contribution is 6.34. The molecule has 1 saturated heterocycles. The van der Waals surface area contributed by atoms with Crippen LogP contribution in [0.2, 0.25) is 5.02 Å². The van der Waals surface area contributed by atoms with Crippen LogP contribution in [0.3, 0.4) is 0 Å². The highest BCUT2D eigenvalue weighted by atomic mass is 35.5. The molecular weight excluding hydrogens is 328 g/mol. The molecule has 0 spiro atoms. The number of aromatic nitrogens is 3. The van der Waals surface area contributed by atoms with Crippen molar-refractivity contribution in [1.29, 1.82) is 0 Å². The third kappa shape index (κ3) is 3.30. The van der Waals surface area contributed by atoms with E-state index in [2.05, 4.69) is 10.3 Å². The highest BCUT2D eigenvalue weighted by Gasteiger charge is 2.31. The zero-order chi connectivity index (χ0) is 17.3. The molecule has 0 saturated carbocycles. The Morgan fingerprint density at radius 1 is 1.38 bits per heavy atom. The van der Waals surface area contributed by atoms with Crippen molar-refractivity contribution in [3.63, 3.8) is 0 Å². The highest BCUT2D eigenvalue weighted by Crippen LogP contribution is 2.27. The van der Waals surface area contributed by atoms with Gasteiger partial charge in [-0.05, 0) is 49.9 Å². The summed E-state index contributed by atoms with van der Waals surface area (Å²) in [4.78, 5) is 14.8. The van der Waals surface area contributed by atoms with E-state index < -0.39 is 0 Å². The normalized spacial score (nSPS) is 17.5. The number of aryl methyl sites for hydroxylation is 2. The first-order chi connectivity index (χ1) is 11.5. The minimum absolute atomic E-state index is 0.0342. The summed E-state index contributed by atoms with van der Waals surface area (Å²) in [6, 6.07) is 3.78. The number of benzene rings is 1. The Balaban J connectivity index is 1.79. The van der Waals surface area contributed by atoms with Crippen LogP contribution in [0.4, 0.5) is 0 Å². The minimum Gasteiger partial charge on any atom is -0.390 e. The van der Waals surface area contributed by atoms with Crippen molar-refractivity contribution in [2.45, 2.75) is 45.9 Å².